The molecule has 1 aromatic carbocycles. The van der Waals surface area contributed by atoms with Crippen LogP contribution in [0.25, 0.3) is 10.4 Å². The summed E-state index contributed by atoms with van der Waals surface area (Å²) >= 11 is 6.12. The Labute approximate surface area is 112 Å². The second-order valence-corrected chi connectivity index (χ2v) is 4.53. The third-order valence-electron chi connectivity index (χ3n) is 2.36. The number of benzene rings is 1. The molecule has 6 heteroatoms. The zero-order valence-electron chi connectivity index (χ0n) is 10.6. The summed E-state index contributed by atoms with van der Waals surface area (Å²) in [7, 11) is 3.98. The topological polar surface area (TPSA) is 61.2 Å². The van der Waals surface area contributed by atoms with E-state index in [0.717, 1.165) is 12.1 Å². The van der Waals surface area contributed by atoms with E-state index in [0.29, 0.717) is 30.3 Å². The lowest BCUT2D eigenvalue weighted by Crippen LogP contribution is -2.19. The van der Waals surface area contributed by atoms with E-state index in [-0.39, 0.29) is 0 Å². The van der Waals surface area contributed by atoms with Gasteiger partial charge in [0.25, 0.3) is 0 Å². The molecule has 0 heterocycles. The molecule has 0 spiro atoms. The molecule has 0 radical (unpaired) electrons. The van der Waals surface area contributed by atoms with Crippen molar-refractivity contribution in [3.8, 4) is 5.75 Å². The molecule has 18 heavy (non-hydrogen) atoms. The molecule has 0 unspecified atom stereocenters. The van der Waals surface area contributed by atoms with Crippen LogP contribution in [0.5, 0.6) is 5.75 Å². The highest BCUT2D eigenvalue weighted by molar-refractivity contribution is 6.32. The van der Waals surface area contributed by atoms with E-state index >= 15 is 0 Å². The third kappa shape index (κ3) is 5.27. The van der Waals surface area contributed by atoms with Gasteiger partial charge < -0.3 is 9.64 Å². The van der Waals surface area contributed by atoms with Crippen LogP contribution in [0, 0.1) is 0 Å². The first-order valence-electron chi connectivity index (χ1n) is 5.70. The molecular formula is C12H17ClN4O. The van der Waals surface area contributed by atoms with Crippen molar-refractivity contribution in [1.29, 1.82) is 0 Å². The van der Waals surface area contributed by atoms with Crippen LogP contribution in [0.1, 0.15) is 5.56 Å². The minimum Gasteiger partial charge on any atom is -0.491 e. The maximum atomic E-state index is 8.19. The average Bonchev–Trinajstić information content (AvgIpc) is 2.32. The van der Waals surface area contributed by atoms with Gasteiger partial charge in [0.05, 0.1) is 5.02 Å². The van der Waals surface area contributed by atoms with Gasteiger partial charge in [-0.3, -0.25) is 0 Å². The van der Waals surface area contributed by atoms with Crippen LogP contribution in [0.2, 0.25) is 5.02 Å². The van der Waals surface area contributed by atoms with Gasteiger partial charge in [0.2, 0.25) is 0 Å². The lowest BCUT2D eigenvalue weighted by molar-refractivity contribution is 0.261. The highest BCUT2D eigenvalue weighted by Crippen LogP contribution is 2.25. The molecule has 1 rings (SSSR count). The molecular weight excluding hydrogens is 252 g/mol. The maximum Gasteiger partial charge on any atom is 0.137 e. The van der Waals surface area contributed by atoms with Gasteiger partial charge in [-0.2, -0.15) is 0 Å². The monoisotopic (exact) mass is 268 g/mol. The van der Waals surface area contributed by atoms with Crippen LogP contribution in [-0.4, -0.2) is 38.7 Å². The van der Waals surface area contributed by atoms with Gasteiger partial charge >= 0.3 is 0 Å². The van der Waals surface area contributed by atoms with Crippen LogP contribution in [0.15, 0.2) is 23.3 Å². The highest BCUT2D eigenvalue weighted by Gasteiger charge is 2.03. The number of likely N-dealkylation sites (N-methyl/N-ethyl adjacent to an activating group) is 1. The molecule has 98 valence electrons. The van der Waals surface area contributed by atoms with E-state index in [9.17, 15) is 0 Å². The molecule has 5 nitrogen and oxygen atoms in total. The standard InChI is InChI=1S/C12H17ClN4O/c1-17(2)7-8-18-12-4-3-10(9-11(12)13)5-6-15-16-14/h3-4,9H,5-8H2,1-2H3. The number of nitrogens with zero attached hydrogens (tertiary/aromatic N) is 4. The van der Waals surface area contributed by atoms with Crippen molar-refractivity contribution in [2.24, 2.45) is 5.11 Å². The molecule has 0 bridgehead atoms. The molecule has 0 aliphatic carbocycles. The molecule has 0 aromatic heterocycles. The van der Waals surface area contributed by atoms with Crippen LogP contribution < -0.4 is 4.74 Å². The number of azide groups is 1. The third-order valence-corrected chi connectivity index (χ3v) is 2.65. The van der Waals surface area contributed by atoms with Crippen molar-refractivity contribution in [2.45, 2.75) is 6.42 Å². The Balaban J connectivity index is 2.53. The molecule has 0 aliphatic heterocycles. The number of hydrogen-bond acceptors (Lipinski definition) is 3. The van der Waals surface area contributed by atoms with Crippen LogP contribution in [0.4, 0.5) is 0 Å². The predicted octanol–water partition coefficient (Wildman–Crippen LogP) is 3.13. The van der Waals surface area contributed by atoms with Crippen molar-refractivity contribution in [3.63, 3.8) is 0 Å². The quantitative estimate of drug-likeness (QED) is 0.433. The predicted molar refractivity (Wildman–Crippen MR) is 73.2 cm³/mol. The van der Waals surface area contributed by atoms with Crippen molar-refractivity contribution >= 4 is 11.6 Å². The van der Waals surface area contributed by atoms with Gasteiger partial charge in [0.15, 0.2) is 0 Å². The maximum absolute atomic E-state index is 8.19. The lowest BCUT2D eigenvalue weighted by atomic mass is 10.1. The summed E-state index contributed by atoms with van der Waals surface area (Å²) in [5, 5.41) is 4.08. The van der Waals surface area contributed by atoms with Crippen molar-refractivity contribution in [3.05, 3.63) is 39.2 Å². The fraction of sp³-hybridized carbons (Fsp3) is 0.500. The fourth-order valence-electron chi connectivity index (χ4n) is 1.38. The van der Waals surface area contributed by atoms with E-state index in [1.54, 1.807) is 0 Å². The Morgan fingerprint density at radius 1 is 1.44 bits per heavy atom. The number of ether oxygens (including phenoxy) is 1. The summed E-state index contributed by atoms with van der Waals surface area (Å²) < 4.78 is 5.57. The Kier molecular flexibility index (Phi) is 6.36. The molecule has 0 amide bonds. The van der Waals surface area contributed by atoms with Gasteiger partial charge in [-0.15, -0.1) is 0 Å². The Hall–Kier alpha value is -1.42. The second kappa shape index (κ2) is 7.82. The Morgan fingerprint density at radius 3 is 2.83 bits per heavy atom. The zero-order valence-corrected chi connectivity index (χ0v) is 11.4. The smallest absolute Gasteiger partial charge is 0.137 e. The number of halogens is 1. The molecule has 1 aromatic rings. The number of hydrogen-bond donors (Lipinski definition) is 0. The first kappa shape index (κ1) is 14.6. The van der Waals surface area contributed by atoms with E-state index in [4.69, 9.17) is 21.9 Å². The summed E-state index contributed by atoms with van der Waals surface area (Å²) in [4.78, 5) is 4.75. The first-order chi connectivity index (χ1) is 8.63. The van der Waals surface area contributed by atoms with E-state index < -0.39 is 0 Å². The van der Waals surface area contributed by atoms with Crippen molar-refractivity contribution in [2.75, 3.05) is 33.8 Å². The summed E-state index contributed by atoms with van der Waals surface area (Å²) in [5.74, 6) is 0.686. The van der Waals surface area contributed by atoms with Gasteiger partial charge in [-0.1, -0.05) is 22.8 Å². The number of rotatable bonds is 7. The lowest BCUT2D eigenvalue weighted by Gasteiger charge is -2.12. The van der Waals surface area contributed by atoms with E-state index in [2.05, 4.69) is 10.0 Å². The SMILES string of the molecule is CN(C)CCOc1ccc(CCN=[N+]=[N-])cc1Cl. The summed E-state index contributed by atoms with van der Waals surface area (Å²) in [6, 6.07) is 5.63. The van der Waals surface area contributed by atoms with Gasteiger partial charge in [0, 0.05) is 18.0 Å². The van der Waals surface area contributed by atoms with Gasteiger partial charge in [0.1, 0.15) is 12.4 Å². The summed E-state index contributed by atoms with van der Waals surface area (Å²) in [6.45, 7) is 1.88. The molecule has 0 aliphatic rings. The molecule has 0 N–H and O–H groups in total. The van der Waals surface area contributed by atoms with Crippen LogP contribution in [0.3, 0.4) is 0 Å². The normalized spacial score (nSPS) is 10.2. The van der Waals surface area contributed by atoms with E-state index in [1.165, 1.54) is 0 Å². The molecule has 0 saturated carbocycles. The van der Waals surface area contributed by atoms with Crippen molar-refractivity contribution < 1.29 is 4.74 Å². The van der Waals surface area contributed by atoms with Crippen molar-refractivity contribution in [1.82, 2.24) is 4.90 Å². The minimum atomic E-state index is 0.438. The molecule has 0 atom stereocenters. The second-order valence-electron chi connectivity index (χ2n) is 4.12. The average molecular weight is 269 g/mol. The fourth-order valence-corrected chi connectivity index (χ4v) is 1.64. The van der Waals surface area contributed by atoms with Gasteiger partial charge in [-0.05, 0) is 43.7 Å². The highest BCUT2D eigenvalue weighted by atomic mass is 35.5. The van der Waals surface area contributed by atoms with Gasteiger partial charge in [-0.25, -0.2) is 0 Å². The van der Waals surface area contributed by atoms with Crippen LogP contribution >= 0.6 is 11.6 Å². The molecule has 0 fully saturated rings. The van der Waals surface area contributed by atoms with E-state index in [1.807, 2.05) is 37.2 Å². The summed E-state index contributed by atoms with van der Waals surface area (Å²) in [6.07, 6.45) is 0.682. The zero-order chi connectivity index (χ0) is 13.4. The minimum absolute atomic E-state index is 0.438. The molecule has 0 saturated heterocycles. The largest absolute Gasteiger partial charge is 0.491 e. The Bertz CT molecular complexity index is 430. The van der Waals surface area contributed by atoms with Crippen LogP contribution in [-0.2, 0) is 6.42 Å². The Morgan fingerprint density at radius 2 is 2.22 bits per heavy atom. The summed E-state index contributed by atoms with van der Waals surface area (Å²) in [5.41, 5.74) is 9.23. The first-order valence-corrected chi connectivity index (χ1v) is 6.08.